The van der Waals surface area contributed by atoms with Crippen molar-refractivity contribution in [1.29, 1.82) is 0 Å². The van der Waals surface area contributed by atoms with Crippen molar-refractivity contribution in [2.75, 3.05) is 0 Å². The van der Waals surface area contributed by atoms with Gasteiger partial charge in [-0.05, 0) is 117 Å². The molecule has 0 aromatic heterocycles. The maximum atomic E-state index is 13.6. The third kappa shape index (κ3) is 3.50. The van der Waals surface area contributed by atoms with Crippen LogP contribution in [0.2, 0.25) is 0 Å². The first-order valence-electron chi connectivity index (χ1n) is 12.6. The molecule has 0 saturated heterocycles. The molecule has 1 N–H and O–H groups in total. The zero-order valence-electron chi connectivity index (χ0n) is 19.5. The van der Waals surface area contributed by atoms with Gasteiger partial charge in [0.1, 0.15) is 11.6 Å². The van der Waals surface area contributed by atoms with Crippen molar-refractivity contribution >= 4 is 5.78 Å². The van der Waals surface area contributed by atoms with Gasteiger partial charge in [0.05, 0.1) is 5.60 Å². The zero-order valence-corrected chi connectivity index (χ0v) is 19.5. The lowest BCUT2D eigenvalue weighted by atomic mass is 9.44. The summed E-state index contributed by atoms with van der Waals surface area (Å²) in [6.07, 6.45) is 10.5. The number of aliphatic hydroxyl groups is 1. The molecule has 5 rings (SSSR count). The lowest BCUT2D eigenvalue weighted by Crippen LogP contribution is -2.55. The van der Waals surface area contributed by atoms with Crippen molar-refractivity contribution in [2.24, 2.45) is 40.4 Å². The molecule has 170 valence electrons. The molecule has 0 bridgehead atoms. The summed E-state index contributed by atoms with van der Waals surface area (Å²) in [5, 5.41) is 10.7. The van der Waals surface area contributed by atoms with Gasteiger partial charge in [0, 0.05) is 12.3 Å². The minimum Gasteiger partial charge on any atom is -0.390 e. The Hall–Kier alpha value is -1.22. The molecule has 4 aliphatic carbocycles. The van der Waals surface area contributed by atoms with Crippen LogP contribution in [0.25, 0.3) is 0 Å². The lowest BCUT2D eigenvalue weighted by Gasteiger charge is -2.61. The lowest BCUT2D eigenvalue weighted by molar-refractivity contribution is -0.150. The molecule has 0 heterocycles. The number of Topliss-reactive ketones (excluding diaryl/α,β-unsaturated/α-hetero) is 1. The fraction of sp³-hybridized carbons (Fsp3) is 0.750. The quantitative estimate of drug-likeness (QED) is 0.612. The summed E-state index contributed by atoms with van der Waals surface area (Å²) in [6, 6.07) is 6.56. The SMILES string of the molecule is C[C@@]1(O)CC[C@@]2(C)[C@@H](CC[C@@H]3[C@@H]2CC[C@]2(C)[C@@H](C(=O)Cc4cccc(F)c4)CC[C@@H]32)C1. The van der Waals surface area contributed by atoms with Gasteiger partial charge in [-0.3, -0.25) is 4.79 Å². The van der Waals surface area contributed by atoms with Crippen LogP contribution in [0.15, 0.2) is 24.3 Å². The van der Waals surface area contributed by atoms with E-state index in [-0.39, 0.29) is 17.2 Å². The van der Waals surface area contributed by atoms with Gasteiger partial charge < -0.3 is 5.11 Å². The van der Waals surface area contributed by atoms with E-state index in [0.717, 1.165) is 49.5 Å². The van der Waals surface area contributed by atoms with Crippen LogP contribution < -0.4 is 0 Å². The highest BCUT2D eigenvalue weighted by Gasteiger charge is 2.61. The Morgan fingerprint density at radius 2 is 1.77 bits per heavy atom. The summed E-state index contributed by atoms with van der Waals surface area (Å²) in [4.78, 5) is 13.4. The average molecular weight is 427 g/mol. The molecule has 2 nitrogen and oxygen atoms in total. The Morgan fingerprint density at radius 3 is 2.55 bits per heavy atom. The number of hydrogen-bond donors (Lipinski definition) is 1. The summed E-state index contributed by atoms with van der Waals surface area (Å²) in [6.45, 7) is 6.95. The highest BCUT2D eigenvalue weighted by Crippen LogP contribution is 2.68. The molecular weight excluding hydrogens is 387 g/mol. The van der Waals surface area contributed by atoms with Crippen molar-refractivity contribution in [3.8, 4) is 0 Å². The van der Waals surface area contributed by atoms with E-state index < -0.39 is 5.60 Å². The number of ketones is 1. The first-order valence-corrected chi connectivity index (χ1v) is 12.6. The third-order valence-corrected chi connectivity index (χ3v) is 10.6. The third-order valence-electron chi connectivity index (χ3n) is 10.6. The predicted octanol–water partition coefficient (Wildman–Crippen LogP) is 6.35. The molecule has 3 heteroatoms. The van der Waals surface area contributed by atoms with Gasteiger partial charge in [0.25, 0.3) is 0 Å². The molecule has 0 aliphatic heterocycles. The van der Waals surface area contributed by atoms with Gasteiger partial charge in [0.15, 0.2) is 0 Å². The zero-order chi connectivity index (χ0) is 22.0. The van der Waals surface area contributed by atoms with E-state index in [2.05, 4.69) is 13.8 Å². The number of rotatable bonds is 3. The first kappa shape index (κ1) is 21.6. The minimum atomic E-state index is -0.484. The number of carbonyl (C=O) groups excluding carboxylic acids is 1. The Bertz CT molecular complexity index is 862. The van der Waals surface area contributed by atoms with Crippen LogP contribution in [0, 0.1) is 46.2 Å². The Balaban J connectivity index is 1.34. The number of hydrogen-bond acceptors (Lipinski definition) is 2. The van der Waals surface area contributed by atoms with Crippen LogP contribution in [0.5, 0.6) is 0 Å². The van der Waals surface area contributed by atoms with E-state index >= 15 is 0 Å². The van der Waals surface area contributed by atoms with E-state index in [9.17, 15) is 14.3 Å². The summed E-state index contributed by atoms with van der Waals surface area (Å²) in [5.74, 6) is 2.97. The number of benzene rings is 1. The monoisotopic (exact) mass is 426 g/mol. The topological polar surface area (TPSA) is 37.3 Å². The molecule has 4 saturated carbocycles. The molecule has 31 heavy (non-hydrogen) atoms. The van der Waals surface area contributed by atoms with Gasteiger partial charge in [-0.2, -0.15) is 0 Å². The average Bonchev–Trinajstić information content (AvgIpc) is 3.06. The van der Waals surface area contributed by atoms with E-state index in [1.165, 1.54) is 37.8 Å². The summed E-state index contributed by atoms with van der Waals surface area (Å²) >= 11 is 0. The predicted molar refractivity (Wildman–Crippen MR) is 121 cm³/mol. The normalized spacial score (nSPS) is 46.7. The van der Waals surface area contributed by atoms with Gasteiger partial charge in [-0.25, -0.2) is 4.39 Å². The van der Waals surface area contributed by atoms with E-state index in [1.807, 2.05) is 13.0 Å². The molecule has 1 aromatic rings. The van der Waals surface area contributed by atoms with Gasteiger partial charge in [-0.15, -0.1) is 0 Å². The largest absolute Gasteiger partial charge is 0.390 e. The summed E-state index contributed by atoms with van der Waals surface area (Å²) in [7, 11) is 0. The van der Waals surface area contributed by atoms with E-state index in [4.69, 9.17) is 0 Å². The van der Waals surface area contributed by atoms with Crippen LogP contribution in [-0.2, 0) is 11.2 Å². The Labute approximate surface area is 187 Å². The Morgan fingerprint density at radius 1 is 1.00 bits per heavy atom. The first-order chi connectivity index (χ1) is 14.6. The number of carbonyl (C=O) groups is 1. The highest BCUT2D eigenvalue weighted by atomic mass is 19.1. The molecule has 0 unspecified atom stereocenters. The van der Waals surface area contributed by atoms with Crippen LogP contribution in [0.3, 0.4) is 0 Å². The fourth-order valence-electron chi connectivity index (χ4n) is 8.93. The second-order valence-corrected chi connectivity index (χ2v) is 12.3. The van der Waals surface area contributed by atoms with Gasteiger partial charge in [0.2, 0.25) is 0 Å². The van der Waals surface area contributed by atoms with E-state index in [1.54, 1.807) is 6.07 Å². The summed E-state index contributed by atoms with van der Waals surface area (Å²) < 4.78 is 13.6. The maximum Gasteiger partial charge on any atom is 0.140 e. The van der Waals surface area contributed by atoms with E-state index in [0.29, 0.717) is 29.5 Å². The molecule has 0 spiro atoms. The molecule has 0 amide bonds. The second kappa shape index (κ2) is 7.40. The van der Waals surface area contributed by atoms with Gasteiger partial charge in [-0.1, -0.05) is 26.0 Å². The minimum absolute atomic E-state index is 0.106. The van der Waals surface area contributed by atoms with Crippen LogP contribution >= 0.6 is 0 Å². The molecular formula is C28H39FO2. The van der Waals surface area contributed by atoms with Crippen molar-refractivity contribution in [3.05, 3.63) is 35.6 Å². The molecule has 0 radical (unpaired) electrons. The van der Waals surface area contributed by atoms with Crippen molar-refractivity contribution in [3.63, 3.8) is 0 Å². The summed E-state index contributed by atoms with van der Waals surface area (Å²) in [5.41, 5.74) is 0.792. The van der Waals surface area contributed by atoms with Crippen LogP contribution in [-0.4, -0.2) is 16.5 Å². The second-order valence-electron chi connectivity index (χ2n) is 12.3. The maximum absolute atomic E-state index is 13.6. The molecule has 8 atom stereocenters. The molecule has 4 aliphatic rings. The smallest absolute Gasteiger partial charge is 0.140 e. The fourth-order valence-corrected chi connectivity index (χ4v) is 8.93. The molecule has 4 fully saturated rings. The van der Waals surface area contributed by atoms with Crippen molar-refractivity contribution in [1.82, 2.24) is 0 Å². The highest BCUT2D eigenvalue weighted by molar-refractivity contribution is 5.84. The van der Waals surface area contributed by atoms with Crippen molar-refractivity contribution < 1.29 is 14.3 Å². The van der Waals surface area contributed by atoms with Gasteiger partial charge >= 0.3 is 0 Å². The van der Waals surface area contributed by atoms with Crippen LogP contribution in [0.1, 0.15) is 84.1 Å². The van der Waals surface area contributed by atoms with Crippen molar-refractivity contribution in [2.45, 2.75) is 90.6 Å². The standard InChI is InChI=1S/C28H39FO2/c1-26(31)13-14-27(2)19(17-26)7-8-21-22-9-10-24(28(22,3)12-11-23(21)27)25(30)16-18-5-4-6-20(29)15-18/h4-6,15,19,21-24,31H,7-14,16-17H2,1-3H3/t19-,21-,22-,23-,24+,26+,27-,28-/m0/s1. The molecule has 1 aromatic carbocycles. The number of halogens is 1. The number of fused-ring (bicyclic) bond motifs is 5. The van der Waals surface area contributed by atoms with Crippen LogP contribution in [0.4, 0.5) is 4.39 Å². The Kier molecular flexibility index (Phi) is 5.16.